The summed E-state index contributed by atoms with van der Waals surface area (Å²) in [5.74, 6) is -1.02. The molecule has 4 nitrogen and oxygen atoms in total. The van der Waals surface area contributed by atoms with Gasteiger partial charge in [-0.25, -0.2) is 4.79 Å². The van der Waals surface area contributed by atoms with Crippen molar-refractivity contribution in [3.63, 3.8) is 0 Å². The zero-order valence-electron chi connectivity index (χ0n) is 6.82. The van der Waals surface area contributed by atoms with Gasteiger partial charge in [-0.15, -0.1) is 11.3 Å². The number of H-pyrrole nitrogens is 1. The quantitative estimate of drug-likeness (QED) is 0.830. The van der Waals surface area contributed by atoms with Gasteiger partial charge >= 0.3 is 5.97 Å². The van der Waals surface area contributed by atoms with Gasteiger partial charge in [0.25, 0.3) is 0 Å². The molecule has 0 atom stereocenters. The number of aromatic carboxylic acids is 1. The standard InChI is InChI=1S/C8H5ClN2O2S/c9-5-1-2-14-7(5)6-4(8(12)13)3-10-11-6/h1-3H,(H,10,11)(H,12,13). The number of hydrogen-bond acceptors (Lipinski definition) is 3. The summed E-state index contributed by atoms with van der Waals surface area (Å²) in [7, 11) is 0. The molecule has 0 aliphatic carbocycles. The van der Waals surface area contributed by atoms with E-state index in [2.05, 4.69) is 10.2 Å². The Morgan fingerprint density at radius 2 is 2.43 bits per heavy atom. The molecule has 0 aliphatic heterocycles. The van der Waals surface area contributed by atoms with Gasteiger partial charge in [0.05, 0.1) is 21.8 Å². The molecule has 0 radical (unpaired) electrons. The molecule has 2 aromatic heterocycles. The van der Waals surface area contributed by atoms with E-state index in [1.165, 1.54) is 17.5 Å². The minimum Gasteiger partial charge on any atom is -0.478 e. The maximum absolute atomic E-state index is 10.8. The number of nitrogens with zero attached hydrogens (tertiary/aromatic N) is 1. The second kappa shape index (κ2) is 3.43. The fraction of sp³-hybridized carbons (Fsp3) is 0. The lowest BCUT2D eigenvalue weighted by molar-refractivity contribution is 0.0698. The van der Waals surface area contributed by atoms with E-state index < -0.39 is 5.97 Å². The molecule has 0 bridgehead atoms. The lowest BCUT2D eigenvalue weighted by Crippen LogP contribution is -1.95. The number of carboxylic acid groups (broad SMARTS) is 1. The first-order valence-electron chi connectivity index (χ1n) is 3.70. The molecule has 2 N–H and O–H groups in total. The van der Waals surface area contributed by atoms with Crippen molar-refractivity contribution in [1.29, 1.82) is 0 Å². The molecule has 0 aromatic carbocycles. The highest BCUT2D eigenvalue weighted by atomic mass is 35.5. The molecule has 14 heavy (non-hydrogen) atoms. The molecule has 0 aliphatic rings. The molecular formula is C8H5ClN2O2S. The molecule has 2 aromatic rings. The fourth-order valence-corrected chi connectivity index (χ4v) is 2.25. The van der Waals surface area contributed by atoms with Gasteiger partial charge in [-0.1, -0.05) is 11.6 Å². The minimum absolute atomic E-state index is 0.134. The van der Waals surface area contributed by atoms with Gasteiger partial charge in [0.15, 0.2) is 0 Å². The SMILES string of the molecule is O=C(O)c1cn[nH]c1-c1sccc1Cl. The molecule has 0 unspecified atom stereocenters. The zero-order valence-corrected chi connectivity index (χ0v) is 8.39. The van der Waals surface area contributed by atoms with Crippen LogP contribution in [-0.2, 0) is 0 Å². The summed E-state index contributed by atoms with van der Waals surface area (Å²) in [6.45, 7) is 0. The third-order valence-corrected chi connectivity index (χ3v) is 3.07. The third-order valence-electron chi connectivity index (χ3n) is 1.71. The lowest BCUT2D eigenvalue weighted by Gasteiger charge is -1.95. The molecule has 0 fully saturated rings. The van der Waals surface area contributed by atoms with Gasteiger partial charge in [-0.05, 0) is 11.4 Å². The van der Waals surface area contributed by atoms with Crippen molar-refractivity contribution in [2.24, 2.45) is 0 Å². The highest BCUT2D eigenvalue weighted by Gasteiger charge is 2.16. The molecular weight excluding hydrogens is 224 g/mol. The van der Waals surface area contributed by atoms with Crippen LogP contribution in [0.25, 0.3) is 10.6 Å². The van der Waals surface area contributed by atoms with Crippen molar-refractivity contribution in [1.82, 2.24) is 10.2 Å². The number of carboxylic acids is 1. The Kier molecular flexibility index (Phi) is 2.26. The van der Waals surface area contributed by atoms with Crippen LogP contribution in [0.15, 0.2) is 17.6 Å². The van der Waals surface area contributed by atoms with Crippen molar-refractivity contribution in [3.8, 4) is 10.6 Å². The van der Waals surface area contributed by atoms with E-state index >= 15 is 0 Å². The van der Waals surface area contributed by atoms with Gasteiger partial charge in [0.2, 0.25) is 0 Å². The van der Waals surface area contributed by atoms with Crippen molar-refractivity contribution >= 4 is 28.9 Å². The molecule has 72 valence electrons. The van der Waals surface area contributed by atoms with Crippen LogP contribution in [0, 0.1) is 0 Å². The predicted molar refractivity (Wildman–Crippen MR) is 53.9 cm³/mol. The summed E-state index contributed by atoms with van der Waals surface area (Å²) in [5, 5.41) is 17.5. The van der Waals surface area contributed by atoms with E-state index in [1.54, 1.807) is 11.4 Å². The average Bonchev–Trinajstić information content (AvgIpc) is 2.70. The first kappa shape index (κ1) is 9.23. The Hall–Kier alpha value is -1.33. The molecule has 2 heterocycles. The van der Waals surface area contributed by atoms with Crippen LogP contribution in [-0.4, -0.2) is 21.3 Å². The highest BCUT2D eigenvalue weighted by Crippen LogP contribution is 2.33. The fourth-order valence-electron chi connectivity index (χ4n) is 1.09. The third kappa shape index (κ3) is 1.40. The summed E-state index contributed by atoms with van der Waals surface area (Å²) in [6, 6.07) is 1.72. The van der Waals surface area contributed by atoms with E-state index in [-0.39, 0.29) is 5.56 Å². The smallest absolute Gasteiger partial charge is 0.339 e. The molecule has 0 saturated heterocycles. The second-order valence-corrected chi connectivity index (χ2v) is 3.88. The van der Waals surface area contributed by atoms with Crippen LogP contribution in [0.3, 0.4) is 0 Å². The van der Waals surface area contributed by atoms with Crippen molar-refractivity contribution in [2.75, 3.05) is 0 Å². The average molecular weight is 229 g/mol. The number of aromatic nitrogens is 2. The molecule has 2 rings (SSSR count). The van der Waals surface area contributed by atoms with Crippen molar-refractivity contribution in [3.05, 3.63) is 28.2 Å². The number of halogens is 1. The van der Waals surface area contributed by atoms with E-state index in [0.717, 1.165) is 0 Å². The largest absolute Gasteiger partial charge is 0.478 e. The van der Waals surface area contributed by atoms with E-state index in [0.29, 0.717) is 15.6 Å². The highest BCUT2D eigenvalue weighted by molar-refractivity contribution is 7.14. The topological polar surface area (TPSA) is 66.0 Å². The number of nitrogens with one attached hydrogen (secondary N) is 1. The number of hydrogen-bond donors (Lipinski definition) is 2. The van der Waals surface area contributed by atoms with Crippen molar-refractivity contribution in [2.45, 2.75) is 0 Å². The number of aromatic amines is 1. The summed E-state index contributed by atoms with van der Waals surface area (Å²) >= 11 is 7.25. The molecule has 0 saturated carbocycles. The van der Waals surface area contributed by atoms with E-state index in [4.69, 9.17) is 16.7 Å². The van der Waals surface area contributed by atoms with Gasteiger partial charge in [0.1, 0.15) is 5.56 Å². The Balaban J connectivity index is 2.57. The van der Waals surface area contributed by atoms with E-state index in [1.807, 2.05) is 0 Å². The number of rotatable bonds is 2. The Labute approximate surface area is 88.2 Å². The lowest BCUT2D eigenvalue weighted by atomic mass is 10.2. The predicted octanol–water partition coefficient (Wildman–Crippen LogP) is 2.49. The normalized spacial score (nSPS) is 10.4. The Morgan fingerprint density at radius 1 is 1.64 bits per heavy atom. The van der Waals surface area contributed by atoms with Crippen LogP contribution in [0.4, 0.5) is 0 Å². The van der Waals surface area contributed by atoms with Crippen LogP contribution in [0.5, 0.6) is 0 Å². The van der Waals surface area contributed by atoms with Gasteiger partial charge in [-0.3, -0.25) is 5.10 Å². The van der Waals surface area contributed by atoms with Crippen LogP contribution < -0.4 is 0 Å². The molecule has 0 amide bonds. The van der Waals surface area contributed by atoms with Crippen LogP contribution in [0.1, 0.15) is 10.4 Å². The van der Waals surface area contributed by atoms with Crippen LogP contribution >= 0.6 is 22.9 Å². The Bertz CT molecular complexity index is 477. The van der Waals surface area contributed by atoms with Crippen LogP contribution in [0.2, 0.25) is 5.02 Å². The van der Waals surface area contributed by atoms with Gasteiger partial charge in [-0.2, -0.15) is 5.10 Å². The molecule has 0 spiro atoms. The van der Waals surface area contributed by atoms with Gasteiger partial charge in [0, 0.05) is 0 Å². The second-order valence-electron chi connectivity index (χ2n) is 2.56. The number of thiophene rings is 1. The summed E-state index contributed by atoms with van der Waals surface area (Å²) in [5.41, 5.74) is 0.590. The summed E-state index contributed by atoms with van der Waals surface area (Å²) in [6.07, 6.45) is 1.27. The molecule has 6 heteroatoms. The first-order valence-corrected chi connectivity index (χ1v) is 4.96. The first-order chi connectivity index (χ1) is 6.70. The Morgan fingerprint density at radius 3 is 3.00 bits per heavy atom. The number of carbonyl (C=O) groups is 1. The van der Waals surface area contributed by atoms with E-state index in [9.17, 15) is 4.79 Å². The summed E-state index contributed by atoms with van der Waals surface area (Å²) < 4.78 is 0. The summed E-state index contributed by atoms with van der Waals surface area (Å²) in [4.78, 5) is 11.5. The minimum atomic E-state index is -1.02. The van der Waals surface area contributed by atoms with Crippen molar-refractivity contribution < 1.29 is 9.90 Å². The maximum Gasteiger partial charge on any atom is 0.339 e. The zero-order chi connectivity index (χ0) is 10.1. The van der Waals surface area contributed by atoms with Gasteiger partial charge < -0.3 is 5.11 Å². The monoisotopic (exact) mass is 228 g/mol. The maximum atomic E-state index is 10.8.